The van der Waals surface area contributed by atoms with Crippen LogP contribution in [0.25, 0.3) is 44.9 Å². The van der Waals surface area contributed by atoms with E-state index in [2.05, 4.69) is 24.3 Å². The molecule has 0 aliphatic rings. The van der Waals surface area contributed by atoms with Gasteiger partial charge in [-0.2, -0.15) is 0 Å². The van der Waals surface area contributed by atoms with Gasteiger partial charge in [-0.25, -0.2) is 13.8 Å². The third-order valence-electron chi connectivity index (χ3n) is 5.60. The largest absolute Gasteiger partial charge is 0.252 e. The first-order valence-electron chi connectivity index (χ1n) is 10.6. The molecule has 33 heavy (non-hydrogen) atoms. The fourth-order valence-electron chi connectivity index (χ4n) is 3.92. The first kappa shape index (κ1) is 20.7. The highest BCUT2D eigenvalue weighted by molar-refractivity contribution is 5.81. The number of hydrogen-bond acceptors (Lipinski definition) is 2. The van der Waals surface area contributed by atoms with Gasteiger partial charge in [0, 0.05) is 16.7 Å². The van der Waals surface area contributed by atoms with Crippen LogP contribution in [0.4, 0.5) is 8.78 Å². The topological polar surface area (TPSA) is 25.8 Å². The molecule has 0 radical (unpaired) electrons. The molecule has 5 aromatic rings. The summed E-state index contributed by atoms with van der Waals surface area (Å²) in [4.78, 5) is 9.68. The zero-order chi connectivity index (χ0) is 22.8. The molecule has 1 heterocycles. The molecular weight excluding hydrogens is 414 g/mol. The molecule has 0 spiro atoms. The Hall–Kier alpha value is -4.18. The second-order valence-electron chi connectivity index (χ2n) is 7.87. The first-order valence-corrected chi connectivity index (χ1v) is 10.6. The van der Waals surface area contributed by atoms with E-state index in [9.17, 15) is 8.78 Å². The standard InChI is InChI=1S/C29H20F2N2/c1-19-16-25(31)14-15-26(19)29-28(21-10-12-24(30)13-11-21)33-27(18-32-29)23-9-5-8-22(17-23)20-6-3-2-4-7-20/h2-18H,1H3. The fourth-order valence-corrected chi connectivity index (χ4v) is 3.92. The minimum atomic E-state index is -0.321. The van der Waals surface area contributed by atoms with Gasteiger partial charge in [-0.05, 0) is 72.1 Å². The highest BCUT2D eigenvalue weighted by Gasteiger charge is 2.16. The summed E-state index contributed by atoms with van der Waals surface area (Å²) < 4.78 is 27.3. The fraction of sp³-hybridized carbons (Fsp3) is 0.0345. The van der Waals surface area contributed by atoms with Gasteiger partial charge in [0.15, 0.2) is 0 Å². The maximum Gasteiger partial charge on any atom is 0.123 e. The zero-order valence-corrected chi connectivity index (χ0v) is 18.0. The lowest BCUT2D eigenvalue weighted by molar-refractivity contribution is 0.626. The van der Waals surface area contributed by atoms with E-state index in [1.807, 2.05) is 37.3 Å². The van der Waals surface area contributed by atoms with Crippen LogP contribution in [-0.4, -0.2) is 9.97 Å². The Morgan fingerprint density at radius 2 is 1.27 bits per heavy atom. The van der Waals surface area contributed by atoms with E-state index in [-0.39, 0.29) is 11.6 Å². The average Bonchev–Trinajstić information content (AvgIpc) is 2.85. The molecule has 0 bridgehead atoms. The number of rotatable bonds is 4. The maximum absolute atomic E-state index is 13.7. The van der Waals surface area contributed by atoms with Crippen molar-refractivity contribution in [3.63, 3.8) is 0 Å². The van der Waals surface area contributed by atoms with Crippen LogP contribution < -0.4 is 0 Å². The summed E-state index contributed by atoms with van der Waals surface area (Å²) >= 11 is 0. The third-order valence-corrected chi connectivity index (χ3v) is 5.60. The minimum absolute atomic E-state index is 0.304. The quantitative estimate of drug-likeness (QED) is 0.289. The molecule has 0 aliphatic carbocycles. The molecule has 0 saturated heterocycles. The Bertz CT molecular complexity index is 1430. The molecule has 1 aromatic heterocycles. The molecule has 0 saturated carbocycles. The Labute approximate surface area is 191 Å². The van der Waals surface area contributed by atoms with E-state index in [1.165, 1.54) is 24.3 Å². The maximum atomic E-state index is 13.7. The summed E-state index contributed by atoms with van der Waals surface area (Å²) in [6.07, 6.45) is 1.73. The molecule has 0 unspecified atom stereocenters. The Balaban J connectivity index is 1.67. The Morgan fingerprint density at radius 1 is 0.576 bits per heavy atom. The van der Waals surface area contributed by atoms with Crippen LogP contribution in [-0.2, 0) is 0 Å². The molecule has 4 heteroatoms. The van der Waals surface area contributed by atoms with Gasteiger partial charge in [-0.3, -0.25) is 4.98 Å². The zero-order valence-electron chi connectivity index (χ0n) is 18.0. The summed E-state index contributed by atoms with van der Waals surface area (Å²) in [5.41, 5.74) is 7.35. The normalized spacial score (nSPS) is 10.9. The summed E-state index contributed by atoms with van der Waals surface area (Å²) in [7, 11) is 0. The van der Waals surface area contributed by atoms with E-state index in [0.717, 1.165) is 33.4 Å². The lowest BCUT2D eigenvalue weighted by Gasteiger charge is -2.13. The van der Waals surface area contributed by atoms with Gasteiger partial charge in [0.1, 0.15) is 11.6 Å². The van der Waals surface area contributed by atoms with Crippen LogP contribution in [0.5, 0.6) is 0 Å². The second kappa shape index (κ2) is 8.75. The second-order valence-corrected chi connectivity index (χ2v) is 7.87. The van der Waals surface area contributed by atoms with Crippen molar-refractivity contribution in [2.75, 3.05) is 0 Å². The van der Waals surface area contributed by atoms with Gasteiger partial charge in [-0.15, -0.1) is 0 Å². The van der Waals surface area contributed by atoms with Crippen molar-refractivity contribution < 1.29 is 8.78 Å². The molecule has 0 N–H and O–H groups in total. The van der Waals surface area contributed by atoms with Crippen LogP contribution in [0, 0.1) is 18.6 Å². The molecule has 0 fully saturated rings. The molecule has 5 rings (SSSR count). The van der Waals surface area contributed by atoms with Gasteiger partial charge < -0.3 is 0 Å². The Morgan fingerprint density at radius 3 is 2.03 bits per heavy atom. The first-order chi connectivity index (χ1) is 16.1. The summed E-state index contributed by atoms with van der Waals surface area (Å²) in [6.45, 7) is 1.84. The molecule has 0 aliphatic heterocycles. The molecule has 0 amide bonds. The van der Waals surface area contributed by atoms with Gasteiger partial charge in [0.05, 0.1) is 23.3 Å². The van der Waals surface area contributed by atoms with Crippen LogP contribution in [0.2, 0.25) is 0 Å². The van der Waals surface area contributed by atoms with E-state index in [0.29, 0.717) is 17.1 Å². The molecular formula is C29H20F2N2. The third kappa shape index (κ3) is 4.28. The molecule has 160 valence electrons. The minimum Gasteiger partial charge on any atom is -0.252 e. The van der Waals surface area contributed by atoms with E-state index in [1.54, 1.807) is 24.4 Å². The molecule has 2 nitrogen and oxygen atoms in total. The number of aromatic nitrogens is 2. The number of hydrogen-bond donors (Lipinski definition) is 0. The van der Waals surface area contributed by atoms with Crippen molar-refractivity contribution in [2.24, 2.45) is 0 Å². The SMILES string of the molecule is Cc1cc(F)ccc1-c1ncc(-c2cccc(-c3ccccc3)c2)nc1-c1ccc(F)cc1. The number of nitrogens with zero attached hydrogens (tertiary/aromatic N) is 2. The van der Waals surface area contributed by atoms with Crippen molar-refractivity contribution in [1.29, 1.82) is 0 Å². The van der Waals surface area contributed by atoms with E-state index >= 15 is 0 Å². The lowest BCUT2D eigenvalue weighted by atomic mass is 9.99. The van der Waals surface area contributed by atoms with Crippen molar-refractivity contribution in [3.8, 4) is 44.9 Å². The number of benzene rings is 4. The monoisotopic (exact) mass is 434 g/mol. The van der Waals surface area contributed by atoms with E-state index in [4.69, 9.17) is 9.97 Å². The van der Waals surface area contributed by atoms with Crippen LogP contribution >= 0.6 is 0 Å². The number of aryl methyl sites for hydroxylation is 1. The highest BCUT2D eigenvalue weighted by Crippen LogP contribution is 2.34. The van der Waals surface area contributed by atoms with Crippen LogP contribution in [0.1, 0.15) is 5.56 Å². The van der Waals surface area contributed by atoms with Crippen molar-refractivity contribution in [1.82, 2.24) is 9.97 Å². The summed E-state index contributed by atoms with van der Waals surface area (Å²) in [6, 6.07) is 29.0. The predicted molar refractivity (Wildman–Crippen MR) is 128 cm³/mol. The Kier molecular flexibility index (Phi) is 5.49. The number of halogens is 2. The van der Waals surface area contributed by atoms with E-state index < -0.39 is 0 Å². The smallest absolute Gasteiger partial charge is 0.123 e. The lowest BCUT2D eigenvalue weighted by Crippen LogP contribution is -1.98. The van der Waals surface area contributed by atoms with Crippen molar-refractivity contribution in [3.05, 3.63) is 120 Å². The van der Waals surface area contributed by atoms with Crippen molar-refractivity contribution in [2.45, 2.75) is 6.92 Å². The van der Waals surface area contributed by atoms with Gasteiger partial charge in [-0.1, -0.05) is 48.5 Å². The van der Waals surface area contributed by atoms with Gasteiger partial charge >= 0.3 is 0 Å². The molecule has 4 aromatic carbocycles. The van der Waals surface area contributed by atoms with Crippen molar-refractivity contribution >= 4 is 0 Å². The summed E-state index contributed by atoms with van der Waals surface area (Å²) in [5.74, 6) is -0.625. The average molecular weight is 434 g/mol. The van der Waals surface area contributed by atoms with Crippen LogP contribution in [0.15, 0.2) is 103 Å². The predicted octanol–water partition coefficient (Wildman–Crippen LogP) is 7.73. The van der Waals surface area contributed by atoms with Crippen LogP contribution in [0.3, 0.4) is 0 Å². The molecule has 0 atom stereocenters. The highest BCUT2D eigenvalue weighted by atomic mass is 19.1. The van der Waals surface area contributed by atoms with Gasteiger partial charge in [0.25, 0.3) is 0 Å². The van der Waals surface area contributed by atoms with Gasteiger partial charge in [0.2, 0.25) is 0 Å². The summed E-state index contributed by atoms with van der Waals surface area (Å²) in [5, 5.41) is 0.